The zero-order valence-electron chi connectivity index (χ0n) is 15.9. The summed E-state index contributed by atoms with van der Waals surface area (Å²) in [5, 5.41) is 11.0. The predicted octanol–water partition coefficient (Wildman–Crippen LogP) is 4.68. The first-order chi connectivity index (χ1) is 14.2. The van der Waals surface area contributed by atoms with Crippen LogP contribution < -0.4 is 10.1 Å². The highest BCUT2D eigenvalue weighted by molar-refractivity contribution is 6.03. The van der Waals surface area contributed by atoms with Gasteiger partial charge in [0.1, 0.15) is 11.5 Å². The molecule has 1 heterocycles. The molecule has 0 radical (unpaired) electrons. The number of hydrogen-bond donors (Lipinski definition) is 1. The molecule has 0 bridgehead atoms. The van der Waals surface area contributed by atoms with Crippen molar-refractivity contribution in [2.75, 3.05) is 5.32 Å². The van der Waals surface area contributed by atoms with E-state index in [0.29, 0.717) is 23.7 Å². The smallest absolute Gasteiger partial charge is 0.278 e. The fraction of sp³-hybridized carbons (Fsp3) is 0.0870. The van der Waals surface area contributed by atoms with Crippen molar-refractivity contribution in [3.8, 4) is 11.5 Å². The largest absolute Gasteiger partial charge is 0.457 e. The number of benzene rings is 3. The molecule has 0 spiro atoms. The molecule has 6 nitrogen and oxygen atoms in total. The molecule has 0 aliphatic rings. The van der Waals surface area contributed by atoms with E-state index < -0.39 is 0 Å². The van der Waals surface area contributed by atoms with E-state index in [1.807, 2.05) is 79.7 Å². The summed E-state index contributed by atoms with van der Waals surface area (Å²) in [5.41, 5.74) is 2.79. The number of carbonyl (C=O) groups excluding carboxylic acids is 1. The molecule has 1 N–H and O–H groups in total. The summed E-state index contributed by atoms with van der Waals surface area (Å²) in [7, 11) is 0. The van der Waals surface area contributed by atoms with Crippen LogP contribution in [-0.2, 0) is 6.54 Å². The Morgan fingerprint density at radius 1 is 0.897 bits per heavy atom. The number of carbonyl (C=O) groups is 1. The van der Waals surface area contributed by atoms with Gasteiger partial charge in [0.25, 0.3) is 5.91 Å². The molecule has 0 unspecified atom stereocenters. The molecule has 0 aliphatic heterocycles. The van der Waals surface area contributed by atoms with E-state index in [1.165, 1.54) is 0 Å². The third kappa shape index (κ3) is 4.50. The normalized spacial score (nSPS) is 10.5. The number of para-hydroxylation sites is 1. The maximum atomic E-state index is 12.6. The van der Waals surface area contributed by atoms with Crippen molar-refractivity contribution < 1.29 is 9.53 Å². The van der Waals surface area contributed by atoms with Crippen LogP contribution in [0.2, 0.25) is 0 Å². The topological polar surface area (TPSA) is 69.0 Å². The quantitative estimate of drug-likeness (QED) is 0.524. The van der Waals surface area contributed by atoms with Crippen LogP contribution in [0.3, 0.4) is 0 Å². The Balaban J connectivity index is 1.41. The Kier molecular flexibility index (Phi) is 5.33. The first kappa shape index (κ1) is 18.4. The van der Waals surface area contributed by atoms with Crippen LogP contribution in [0.5, 0.6) is 11.5 Å². The molecule has 0 atom stereocenters. The molecular weight excluding hydrogens is 364 g/mol. The third-order valence-corrected chi connectivity index (χ3v) is 4.46. The van der Waals surface area contributed by atoms with Crippen molar-refractivity contribution in [2.24, 2.45) is 0 Å². The second-order valence-electron chi connectivity index (χ2n) is 6.56. The van der Waals surface area contributed by atoms with E-state index in [9.17, 15) is 4.79 Å². The molecule has 0 saturated heterocycles. The maximum absolute atomic E-state index is 12.6. The molecule has 6 heteroatoms. The average Bonchev–Trinajstić information content (AvgIpc) is 3.11. The minimum absolute atomic E-state index is 0.293. The van der Waals surface area contributed by atoms with Crippen molar-refractivity contribution in [1.29, 1.82) is 0 Å². The second-order valence-corrected chi connectivity index (χ2v) is 6.56. The van der Waals surface area contributed by atoms with Gasteiger partial charge in [-0.1, -0.05) is 53.7 Å². The fourth-order valence-corrected chi connectivity index (χ4v) is 2.90. The number of amides is 1. The Hall–Kier alpha value is -3.93. The number of hydrogen-bond acceptors (Lipinski definition) is 4. The zero-order chi connectivity index (χ0) is 20.1. The number of nitrogens with zero attached hydrogens (tertiary/aromatic N) is 3. The molecular formula is C23H20N4O2. The van der Waals surface area contributed by atoms with Crippen LogP contribution in [-0.4, -0.2) is 20.9 Å². The van der Waals surface area contributed by atoms with E-state index in [0.717, 1.165) is 17.0 Å². The monoisotopic (exact) mass is 384 g/mol. The van der Waals surface area contributed by atoms with Crippen LogP contribution >= 0.6 is 0 Å². The third-order valence-electron chi connectivity index (χ3n) is 4.46. The lowest BCUT2D eigenvalue weighted by Crippen LogP contribution is -2.14. The first-order valence-corrected chi connectivity index (χ1v) is 9.27. The average molecular weight is 384 g/mol. The zero-order valence-corrected chi connectivity index (χ0v) is 15.9. The molecule has 1 amide bonds. The fourth-order valence-electron chi connectivity index (χ4n) is 2.90. The van der Waals surface area contributed by atoms with Gasteiger partial charge in [-0.15, -0.1) is 5.10 Å². The molecule has 29 heavy (non-hydrogen) atoms. The lowest BCUT2D eigenvalue weighted by Gasteiger charge is -2.08. The van der Waals surface area contributed by atoms with Gasteiger partial charge >= 0.3 is 0 Å². The summed E-state index contributed by atoms with van der Waals surface area (Å²) in [5.74, 6) is 1.16. The Bertz CT molecular complexity index is 1090. The molecule has 0 fully saturated rings. The van der Waals surface area contributed by atoms with Crippen molar-refractivity contribution >= 4 is 11.6 Å². The summed E-state index contributed by atoms with van der Waals surface area (Å²) in [6.07, 6.45) is 0. The highest BCUT2D eigenvalue weighted by Gasteiger charge is 2.17. The maximum Gasteiger partial charge on any atom is 0.278 e. The van der Waals surface area contributed by atoms with Gasteiger partial charge in [0.15, 0.2) is 5.69 Å². The second kappa shape index (κ2) is 8.39. The van der Waals surface area contributed by atoms with Crippen molar-refractivity contribution in [1.82, 2.24) is 15.0 Å². The van der Waals surface area contributed by atoms with Gasteiger partial charge in [-0.25, -0.2) is 4.68 Å². The van der Waals surface area contributed by atoms with Crippen molar-refractivity contribution in [3.63, 3.8) is 0 Å². The van der Waals surface area contributed by atoms with Gasteiger partial charge in [0, 0.05) is 5.69 Å². The summed E-state index contributed by atoms with van der Waals surface area (Å²) in [4.78, 5) is 12.6. The summed E-state index contributed by atoms with van der Waals surface area (Å²) in [6, 6.07) is 26.7. The number of anilines is 1. The van der Waals surface area contributed by atoms with Gasteiger partial charge < -0.3 is 10.1 Å². The Labute approximate surface area is 168 Å². The molecule has 144 valence electrons. The van der Waals surface area contributed by atoms with Crippen molar-refractivity contribution in [3.05, 3.63) is 102 Å². The van der Waals surface area contributed by atoms with E-state index in [4.69, 9.17) is 4.74 Å². The predicted molar refractivity (Wildman–Crippen MR) is 111 cm³/mol. The van der Waals surface area contributed by atoms with Crippen LogP contribution in [0.15, 0.2) is 84.9 Å². The summed E-state index contributed by atoms with van der Waals surface area (Å²) < 4.78 is 7.49. The van der Waals surface area contributed by atoms with Crippen LogP contribution in [0.1, 0.15) is 21.7 Å². The molecule has 0 aliphatic carbocycles. The molecule has 1 aromatic heterocycles. The number of ether oxygens (including phenoxy) is 1. The van der Waals surface area contributed by atoms with Gasteiger partial charge in [-0.05, 0) is 48.9 Å². The van der Waals surface area contributed by atoms with E-state index in [2.05, 4.69) is 15.6 Å². The molecule has 0 saturated carbocycles. The van der Waals surface area contributed by atoms with Crippen molar-refractivity contribution in [2.45, 2.75) is 13.5 Å². The van der Waals surface area contributed by atoms with Crippen LogP contribution in [0, 0.1) is 6.92 Å². The highest BCUT2D eigenvalue weighted by Crippen LogP contribution is 2.23. The molecule has 3 aromatic carbocycles. The van der Waals surface area contributed by atoms with Crippen LogP contribution in [0.25, 0.3) is 0 Å². The molecule has 4 aromatic rings. The van der Waals surface area contributed by atoms with E-state index in [-0.39, 0.29) is 5.91 Å². The van der Waals surface area contributed by atoms with Gasteiger partial charge in [-0.2, -0.15) is 0 Å². The Morgan fingerprint density at radius 2 is 1.52 bits per heavy atom. The van der Waals surface area contributed by atoms with Gasteiger partial charge in [0.05, 0.1) is 12.2 Å². The van der Waals surface area contributed by atoms with Crippen LogP contribution in [0.4, 0.5) is 5.69 Å². The first-order valence-electron chi connectivity index (χ1n) is 9.27. The number of rotatable bonds is 6. The summed E-state index contributed by atoms with van der Waals surface area (Å²) >= 11 is 0. The van der Waals surface area contributed by atoms with E-state index >= 15 is 0 Å². The minimum atomic E-state index is -0.293. The number of nitrogens with one attached hydrogen (secondary N) is 1. The highest BCUT2D eigenvalue weighted by atomic mass is 16.5. The molecule has 4 rings (SSSR count). The van der Waals surface area contributed by atoms with E-state index in [1.54, 1.807) is 16.8 Å². The van der Waals surface area contributed by atoms with Gasteiger partial charge in [-0.3, -0.25) is 4.79 Å². The van der Waals surface area contributed by atoms with Gasteiger partial charge in [0.2, 0.25) is 0 Å². The SMILES string of the molecule is Cc1c(C(=O)Nc2ccc(Oc3ccccc3)cc2)nnn1Cc1ccccc1. The Morgan fingerprint density at radius 3 is 2.21 bits per heavy atom. The summed E-state index contributed by atoms with van der Waals surface area (Å²) in [6.45, 7) is 2.41. The standard InChI is InChI=1S/C23H20N4O2/c1-17-22(25-26-27(17)16-18-8-4-2-5-9-18)23(28)24-19-12-14-21(15-13-19)29-20-10-6-3-7-11-20/h2-15H,16H2,1H3,(H,24,28). The number of aromatic nitrogens is 3. The lowest BCUT2D eigenvalue weighted by molar-refractivity contribution is 0.102. The minimum Gasteiger partial charge on any atom is -0.457 e. The lowest BCUT2D eigenvalue weighted by atomic mass is 10.2.